The summed E-state index contributed by atoms with van der Waals surface area (Å²) in [6, 6.07) is 1.79. The highest BCUT2D eigenvalue weighted by Gasteiger charge is 2.18. The van der Waals surface area contributed by atoms with Crippen molar-refractivity contribution in [3.05, 3.63) is 28.0 Å². The maximum atomic E-state index is 11.5. The molecule has 0 saturated carbocycles. The molecule has 1 amide bonds. The molecular formula is C13H17NO3S. The molecule has 0 radical (unpaired) electrons. The van der Waals surface area contributed by atoms with E-state index in [9.17, 15) is 9.59 Å². The standard InChI is InChI=1S/C10H9NO2S.C3H8O/c12-5-2-7-1-4-11-10(13)8-3-6-14-9(7)8;1-3-4-2/h2-3,5-6H,1,4H2,(H,11,13);3H2,1-2H3/b7-2+;. The van der Waals surface area contributed by atoms with Crippen LogP contribution in [-0.4, -0.2) is 32.5 Å². The van der Waals surface area contributed by atoms with E-state index >= 15 is 0 Å². The first-order chi connectivity index (χ1) is 8.74. The van der Waals surface area contributed by atoms with Crippen molar-refractivity contribution in [1.82, 2.24) is 5.32 Å². The Kier molecular flexibility index (Phi) is 6.32. The summed E-state index contributed by atoms with van der Waals surface area (Å²) >= 11 is 1.50. The number of nitrogens with one attached hydrogen (secondary N) is 1. The fraction of sp³-hybridized carbons (Fsp3) is 0.385. The first-order valence-corrected chi connectivity index (χ1v) is 6.61. The number of aldehydes is 1. The van der Waals surface area contributed by atoms with Crippen LogP contribution >= 0.6 is 11.3 Å². The molecule has 0 atom stereocenters. The lowest BCUT2D eigenvalue weighted by atomic mass is 10.1. The van der Waals surface area contributed by atoms with Gasteiger partial charge in [0.2, 0.25) is 0 Å². The van der Waals surface area contributed by atoms with Crippen LogP contribution in [0.3, 0.4) is 0 Å². The number of fused-ring (bicyclic) bond motifs is 1. The number of ether oxygens (including phenoxy) is 1. The van der Waals surface area contributed by atoms with Crippen molar-refractivity contribution in [2.75, 3.05) is 20.3 Å². The van der Waals surface area contributed by atoms with Gasteiger partial charge in [-0.2, -0.15) is 0 Å². The van der Waals surface area contributed by atoms with Crippen molar-refractivity contribution in [1.29, 1.82) is 0 Å². The van der Waals surface area contributed by atoms with Crippen LogP contribution in [-0.2, 0) is 9.53 Å². The molecule has 4 nitrogen and oxygen atoms in total. The highest BCUT2D eigenvalue weighted by molar-refractivity contribution is 7.11. The lowest BCUT2D eigenvalue weighted by molar-refractivity contribution is -0.104. The Morgan fingerprint density at radius 1 is 1.56 bits per heavy atom. The normalized spacial score (nSPS) is 16.1. The van der Waals surface area contributed by atoms with E-state index in [1.54, 1.807) is 13.2 Å². The van der Waals surface area contributed by atoms with Crippen molar-refractivity contribution in [3.8, 4) is 0 Å². The predicted molar refractivity (Wildman–Crippen MR) is 72.9 cm³/mol. The molecule has 1 aliphatic rings. The quantitative estimate of drug-likeness (QED) is 0.659. The maximum absolute atomic E-state index is 11.5. The minimum absolute atomic E-state index is 0.0458. The lowest BCUT2D eigenvalue weighted by Crippen LogP contribution is -2.22. The number of amides is 1. The van der Waals surface area contributed by atoms with Gasteiger partial charge in [0.05, 0.1) is 5.56 Å². The molecule has 18 heavy (non-hydrogen) atoms. The number of hydrogen-bond donors (Lipinski definition) is 1. The Balaban J connectivity index is 0.000000357. The highest BCUT2D eigenvalue weighted by atomic mass is 32.1. The van der Waals surface area contributed by atoms with Crippen LogP contribution in [0.2, 0.25) is 0 Å². The van der Waals surface area contributed by atoms with Crippen molar-refractivity contribution in [2.24, 2.45) is 0 Å². The summed E-state index contributed by atoms with van der Waals surface area (Å²) in [7, 11) is 1.68. The van der Waals surface area contributed by atoms with E-state index in [4.69, 9.17) is 0 Å². The van der Waals surface area contributed by atoms with Gasteiger partial charge in [-0.3, -0.25) is 9.59 Å². The fourth-order valence-electron chi connectivity index (χ4n) is 1.50. The van der Waals surface area contributed by atoms with Crippen molar-refractivity contribution in [2.45, 2.75) is 13.3 Å². The minimum Gasteiger partial charge on any atom is -0.385 e. The average molecular weight is 267 g/mol. The van der Waals surface area contributed by atoms with Gasteiger partial charge in [0.15, 0.2) is 0 Å². The number of carbonyl (C=O) groups excluding carboxylic acids is 2. The molecule has 0 aliphatic carbocycles. The molecule has 0 spiro atoms. The molecule has 1 aromatic heterocycles. The van der Waals surface area contributed by atoms with E-state index in [-0.39, 0.29) is 5.91 Å². The van der Waals surface area contributed by atoms with E-state index in [1.165, 1.54) is 17.4 Å². The van der Waals surface area contributed by atoms with Gasteiger partial charge in [0, 0.05) is 25.1 Å². The maximum Gasteiger partial charge on any atom is 0.252 e. The molecule has 0 aromatic carbocycles. The third-order valence-corrected chi connectivity index (χ3v) is 3.43. The zero-order chi connectivity index (χ0) is 13.4. The number of hydrogen-bond acceptors (Lipinski definition) is 4. The average Bonchev–Trinajstić information content (AvgIpc) is 2.82. The molecule has 2 heterocycles. The molecule has 0 fully saturated rings. The van der Waals surface area contributed by atoms with Gasteiger partial charge in [-0.1, -0.05) is 0 Å². The van der Waals surface area contributed by atoms with Gasteiger partial charge >= 0.3 is 0 Å². The lowest BCUT2D eigenvalue weighted by Gasteiger charge is -1.98. The van der Waals surface area contributed by atoms with Crippen LogP contribution in [0.15, 0.2) is 17.5 Å². The molecule has 2 rings (SSSR count). The van der Waals surface area contributed by atoms with E-state index in [0.29, 0.717) is 12.1 Å². The number of rotatable bonds is 2. The molecule has 1 aliphatic heterocycles. The van der Waals surface area contributed by atoms with Gasteiger partial charge in [0.1, 0.15) is 6.29 Å². The summed E-state index contributed by atoms with van der Waals surface area (Å²) in [6.45, 7) is 3.37. The van der Waals surface area contributed by atoms with E-state index < -0.39 is 0 Å². The number of allylic oxidation sites excluding steroid dienone is 1. The van der Waals surface area contributed by atoms with Gasteiger partial charge in [0.25, 0.3) is 5.91 Å². The van der Waals surface area contributed by atoms with Crippen LogP contribution in [0.5, 0.6) is 0 Å². The monoisotopic (exact) mass is 267 g/mol. The van der Waals surface area contributed by atoms with Gasteiger partial charge in [-0.25, -0.2) is 0 Å². The minimum atomic E-state index is -0.0458. The third-order valence-electron chi connectivity index (χ3n) is 2.44. The smallest absolute Gasteiger partial charge is 0.252 e. The second-order valence-corrected chi connectivity index (χ2v) is 4.49. The van der Waals surface area contributed by atoms with Crippen LogP contribution in [0, 0.1) is 0 Å². The van der Waals surface area contributed by atoms with Crippen LogP contribution in [0.1, 0.15) is 28.6 Å². The second kappa shape index (κ2) is 7.79. The Bertz CT molecular complexity index is 435. The molecule has 0 saturated heterocycles. The molecular weight excluding hydrogens is 250 g/mol. The first kappa shape index (κ1) is 14.6. The molecule has 5 heteroatoms. The molecule has 0 unspecified atom stereocenters. The van der Waals surface area contributed by atoms with Crippen LogP contribution in [0.4, 0.5) is 0 Å². The molecule has 1 aromatic rings. The summed E-state index contributed by atoms with van der Waals surface area (Å²) in [4.78, 5) is 22.8. The van der Waals surface area contributed by atoms with Gasteiger partial charge in [-0.05, 0) is 36.4 Å². The summed E-state index contributed by atoms with van der Waals surface area (Å²) in [5, 5.41) is 4.66. The predicted octanol–water partition coefficient (Wildman–Crippen LogP) is 2.12. The third kappa shape index (κ3) is 3.78. The molecule has 1 N–H and O–H groups in total. The Labute approximate surface area is 111 Å². The topological polar surface area (TPSA) is 55.4 Å². The SMILES string of the molecule is CCOC.O=C/C=C1\CCNC(=O)c2ccsc21. The van der Waals surface area contributed by atoms with E-state index in [1.807, 2.05) is 12.3 Å². The zero-order valence-electron chi connectivity index (χ0n) is 10.6. The fourth-order valence-corrected chi connectivity index (χ4v) is 2.45. The highest BCUT2D eigenvalue weighted by Crippen LogP contribution is 2.29. The molecule has 98 valence electrons. The number of carbonyl (C=O) groups is 2. The summed E-state index contributed by atoms with van der Waals surface area (Å²) in [6.07, 6.45) is 3.03. The van der Waals surface area contributed by atoms with Crippen molar-refractivity contribution < 1.29 is 14.3 Å². The Hall–Kier alpha value is -1.46. The second-order valence-electron chi connectivity index (χ2n) is 3.57. The summed E-state index contributed by atoms with van der Waals surface area (Å²) in [5.74, 6) is -0.0458. The largest absolute Gasteiger partial charge is 0.385 e. The van der Waals surface area contributed by atoms with Crippen LogP contribution < -0.4 is 5.32 Å². The number of methoxy groups -OCH3 is 1. The molecule has 0 bridgehead atoms. The Morgan fingerprint density at radius 2 is 2.28 bits per heavy atom. The van der Waals surface area contributed by atoms with Crippen molar-refractivity contribution in [3.63, 3.8) is 0 Å². The summed E-state index contributed by atoms with van der Waals surface area (Å²) in [5.41, 5.74) is 1.63. The van der Waals surface area contributed by atoms with E-state index in [0.717, 1.165) is 29.8 Å². The number of thiophene rings is 1. The zero-order valence-corrected chi connectivity index (χ0v) is 11.4. The van der Waals surface area contributed by atoms with Gasteiger partial charge < -0.3 is 10.1 Å². The van der Waals surface area contributed by atoms with Gasteiger partial charge in [-0.15, -0.1) is 11.3 Å². The van der Waals surface area contributed by atoms with E-state index in [2.05, 4.69) is 10.1 Å². The van der Waals surface area contributed by atoms with Crippen molar-refractivity contribution >= 4 is 29.1 Å². The first-order valence-electron chi connectivity index (χ1n) is 5.73. The Morgan fingerprint density at radius 3 is 2.89 bits per heavy atom. The van der Waals surface area contributed by atoms with Crippen LogP contribution in [0.25, 0.3) is 5.57 Å². The summed E-state index contributed by atoms with van der Waals surface area (Å²) < 4.78 is 4.54.